The van der Waals surface area contributed by atoms with Crippen molar-refractivity contribution in [2.45, 2.75) is 26.3 Å². The predicted octanol–water partition coefficient (Wildman–Crippen LogP) is 3.15. The van der Waals surface area contributed by atoms with Crippen LogP contribution in [0.25, 0.3) is 0 Å². The highest BCUT2D eigenvalue weighted by molar-refractivity contribution is 7.11. The van der Waals surface area contributed by atoms with Gasteiger partial charge >= 0.3 is 0 Å². The average Bonchev–Trinajstić information content (AvgIpc) is 3.03. The summed E-state index contributed by atoms with van der Waals surface area (Å²) in [5, 5.41) is 17.7. The molecule has 1 atom stereocenters. The van der Waals surface area contributed by atoms with Crippen LogP contribution >= 0.6 is 11.3 Å². The topological polar surface area (TPSA) is 97.2 Å². The van der Waals surface area contributed by atoms with E-state index in [1.54, 1.807) is 23.5 Å². The number of amides is 1. The second-order valence-electron chi connectivity index (χ2n) is 4.95. The van der Waals surface area contributed by atoms with E-state index in [1.165, 1.54) is 13.1 Å². The average molecular weight is 334 g/mol. The number of rotatable bonds is 6. The zero-order chi connectivity index (χ0) is 17.0. The number of aromatic nitrogens is 1. The van der Waals surface area contributed by atoms with E-state index in [2.05, 4.69) is 22.5 Å². The van der Waals surface area contributed by atoms with Crippen LogP contribution in [0.5, 0.6) is 0 Å². The second-order valence-corrected chi connectivity index (χ2v) is 6.10. The molecule has 0 saturated heterocycles. The number of anilines is 1. The van der Waals surface area contributed by atoms with E-state index < -0.39 is 4.92 Å². The number of nitrogens with one attached hydrogen (secondary N) is 2. The third-order valence-corrected chi connectivity index (χ3v) is 4.67. The number of hydrogen-bond donors (Lipinski definition) is 2. The minimum absolute atomic E-state index is 0.134. The van der Waals surface area contributed by atoms with Gasteiger partial charge in [0.05, 0.1) is 11.0 Å². The van der Waals surface area contributed by atoms with E-state index in [0.29, 0.717) is 5.69 Å². The van der Waals surface area contributed by atoms with E-state index in [-0.39, 0.29) is 23.2 Å². The lowest BCUT2D eigenvalue weighted by Crippen LogP contribution is -2.18. The fourth-order valence-electron chi connectivity index (χ4n) is 2.07. The highest BCUT2D eigenvalue weighted by Gasteiger charge is 2.20. The molecule has 0 fully saturated rings. The normalized spacial score (nSPS) is 11.8. The lowest BCUT2D eigenvalue weighted by atomic mass is 10.1. The Morgan fingerprint density at radius 2 is 2.22 bits per heavy atom. The van der Waals surface area contributed by atoms with Crippen molar-refractivity contribution in [3.05, 3.63) is 50.0 Å². The second kappa shape index (κ2) is 7.19. The van der Waals surface area contributed by atoms with Crippen molar-refractivity contribution in [2.75, 3.05) is 12.4 Å². The van der Waals surface area contributed by atoms with Gasteiger partial charge < -0.3 is 10.6 Å². The van der Waals surface area contributed by atoms with Gasteiger partial charge in [0.15, 0.2) is 0 Å². The van der Waals surface area contributed by atoms with Gasteiger partial charge in [-0.15, -0.1) is 11.3 Å². The third kappa shape index (κ3) is 3.84. The van der Waals surface area contributed by atoms with Crippen LogP contribution in [0, 0.1) is 10.1 Å². The number of hydrogen-bond acceptors (Lipinski definition) is 6. The maximum atomic E-state index is 11.6. The summed E-state index contributed by atoms with van der Waals surface area (Å²) in [4.78, 5) is 27.9. The summed E-state index contributed by atoms with van der Waals surface area (Å²) in [7, 11) is 1.48. The van der Waals surface area contributed by atoms with Gasteiger partial charge in [-0.05, 0) is 25.5 Å². The van der Waals surface area contributed by atoms with Gasteiger partial charge in [0.2, 0.25) is 0 Å². The van der Waals surface area contributed by atoms with Gasteiger partial charge in [0.1, 0.15) is 10.7 Å². The van der Waals surface area contributed by atoms with E-state index in [1.807, 2.05) is 13.1 Å². The molecule has 122 valence electrons. The summed E-state index contributed by atoms with van der Waals surface area (Å²) in [6.07, 6.45) is 2.73. The number of thiazole rings is 1. The van der Waals surface area contributed by atoms with Crippen molar-refractivity contribution in [1.29, 1.82) is 0 Å². The van der Waals surface area contributed by atoms with Crippen molar-refractivity contribution >= 4 is 28.6 Å². The first kappa shape index (κ1) is 16.9. The van der Waals surface area contributed by atoms with Gasteiger partial charge in [0.25, 0.3) is 11.6 Å². The zero-order valence-corrected chi connectivity index (χ0v) is 13.9. The molecular formula is C15H18N4O3S. The third-order valence-electron chi connectivity index (χ3n) is 3.35. The van der Waals surface area contributed by atoms with Crippen molar-refractivity contribution in [1.82, 2.24) is 10.3 Å². The SMILES string of the molecule is CCc1cnc(C(C)Nc2ccc(C(=O)NC)cc2[N+](=O)[O-])s1. The predicted molar refractivity (Wildman–Crippen MR) is 90.0 cm³/mol. The van der Waals surface area contributed by atoms with Crippen LogP contribution in [0.2, 0.25) is 0 Å². The Labute approximate surface area is 137 Å². The fraction of sp³-hybridized carbons (Fsp3) is 0.333. The minimum atomic E-state index is -0.499. The number of nitro benzene ring substituents is 1. The smallest absolute Gasteiger partial charge is 0.293 e. The number of carbonyl (C=O) groups is 1. The number of nitro groups is 1. The lowest BCUT2D eigenvalue weighted by molar-refractivity contribution is -0.384. The molecule has 1 aromatic carbocycles. The molecule has 2 N–H and O–H groups in total. The molecule has 0 bridgehead atoms. The van der Waals surface area contributed by atoms with Crippen LogP contribution in [0.1, 0.15) is 40.1 Å². The lowest BCUT2D eigenvalue weighted by Gasteiger charge is -2.13. The Kier molecular flexibility index (Phi) is 5.28. The molecule has 1 unspecified atom stereocenters. The van der Waals surface area contributed by atoms with Gasteiger partial charge in [0, 0.05) is 29.8 Å². The first-order valence-corrected chi connectivity index (χ1v) is 7.99. The Morgan fingerprint density at radius 1 is 1.48 bits per heavy atom. The molecule has 0 aliphatic carbocycles. The molecule has 2 aromatic rings. The summed E-state index contributed by atoms with van der Waals surface area (Å²) in [6.45, 7) is 3.95. The monoisotopic (exact) mass is 334 g/mol. The van der Waals surface area contributed by atoms with Crippen molar-refractivity contribution in [2.24, 2.45) is 0 Å². The molecule has 2 rings (SSSR count). The molecule has 1 amide bonds. The highest BCUT2D eigenvalue weighted by atomic mass is 32.1. The summed E-state index contributed by atoms with van der Waals surface area (Å²) in [5.41, 5.74) is 0.480. The minimum Gasteiger partial charge on any atom is -0.371 e. The number of carbonyl (C=O) groups excluding carboxylic acids is 1. The standard InChI is InChI=1S/C15H18N4O3S/c1-4-11-8-17-15(23-11)9(2)18-12-6-5-10(14(20)16-3)7-13(12)19(21)22/h5-9,18H,4H2,1-3H3,(H,16,20). The van der Waals surface area contributed by atoms with Crippen LogP contribution in [0.4, 0.5) is 11.4 Å². The Bertz CT molecular complexity index is 729. The van der Waals surface area contributed by atoms with Crippen LogP contribution < -0.4 is 10.6 Å². The highest BCUT2D eigenvalue weighted by Crippen LogP contribution is 2.30. The van der Waals surface area contributed by atoms with Crippen LogP contribution in [0.15, 0.2) is 24.4 Å². The molecule has 0 radical (unpaired) electrons. The first-order chi connectivity index (χ1) is 11.0. The number of benzene rings is 1. The van der Waals surface area contributed by atoms with Crippen molar-refractivity contribution in [3.8, 4) is 0 Å². The quantitative estimate of drug-likeness (QED) is 0.625. The van der Waals surface area contributed by atoms with Gasteiger partial charge in [-0.25, -0.2) is 4.98 Å². The molecular weight excluding hydrogens is 316 g/mol. The Hall–Kier alpha value is -2.48. The van der Waals surface area contributed by atoms with Gasteiger partial charge in [-0.1, -0.05) is 6.92 Å². The fourth-order valence-corrected chi connectivity index (χ4v) is 2.93. The Balaban J connectivity index is 2.27. The summed E-state index contributed by atoms with van der Waals surface area (Å²) < 4.78 is 0. The van der Waals surface area contributed by atoms with E-state index in [9.17, 15) is 14.9 Å². The molecule has 0 saturated carbocycles. The molecule has 1 aromatic heterocycles. The molecule has 23 heavy (non-hydrogen) atoms. The van der Waals surface area contributed by atoms with Crippen LogP contribution in [-0.2, 0) is 6.42 Å². The van der Waals surface area contributed by atoms with Crippen LogP contribution in [0.3, 0.4) is 0 Å². The molecule has 7 nitrogen and oxygen atoms in total. The Morgan fingerprint density at radius 3 is 2.78 bits per heavy atom. The number of nitrogens with zero attached hydrogens (tertiary/aromatic N) is 2. The largest absolute Gasteiger partial charge is 0.371 e. The summed E-state index contributed by atoms with van der Waals surface area (Å²) in [6, 6.07) is 4.21. The van der Waals surface area contributed by atoms with E-state index >= 15 is 0 Å². The van der Waals surface area contributed by atoms with E-state index in [4.69, 9.17) is 0 Å². The number of aryl methyl sites for hydroxylation is 1. The maximum Gasteiger partial charge on any atom is 0.293 e. The first-order valence-electron chi connectivity index (χ1n) is 7.18. The summed E-state index contributed by atoms with van der Waals surface area (Å²) in [5.74, 6) is -0.361. The molecule has 1 heterocycles. The zero-order valence-electron chi connectivity index (χ0n) is 13.1. The molecule has 0 aliphatic heterocycles. The van der Waals surface area contributed by atoms with Crippen LogP contribution in [-0.4, -0.2) is 22.9 Å². The van der Waals surface area contributed by atoms with Crippen molar-refractivity contribution < 1.29 is 9.72 Å². The summed E-state index contributed by atoms with van der Waals surface area (Å²) >= 11 is 1.58. The molecule has 0 spiro atoms. The molecule has 8 heteroatoms. The van der Waals surface area contributed by atoms with Gasteiger partial charge in [-0.3, -0.25) is 14.9 Å². The van der Waals surface area contributed by atoms with Crippen molar-refractivity contribution in [3.63, 3.8) is 0 Å². The maximum absolute atomic E-state index is 11.6. The van der Waals surface area contributed by atoms with E-state index in [0.717, 1.165) is 16.3 Å². The van der Waals surface area contributed by atoms with Gasteiger partial charge in [-0.2, -0.15) is 0 Å². The molecule has 0 aliphatic rings.